The molecule has 1 N–H and O–H groups in total. The summed E-state index contributed by atoms with van der Waals surface area (Å²) in [5.41, 5.74) is -0.572. The smallest absolute Gasteiger partial charge is 0.382 e. The summed E-state index contributed by atoms with van der Waals surface area (Å²) in [7, 11) is 1.48. The summed E-state index contributed by atoms with van der Waals surface area (Å²) < 4.78 is 40.8. The molecule has 118 valence electrons. The first-order chi connectivity index (χ1) is 10.4. The molecule has 6 heteroatoms. The Morgan fingerprint density at radius 1 is 1.18 bits per heavy atom. The van der Waals surface area contributed by atoms with E-state index in [1.165, 1.54) is 17.7 Å². The summed E-state index contributed by atoms with van der Waals surface area (Å²) in [5.74, 6) is 0. The van der Waals surface area contributed by atoms with E-state index in [2.05, 4.69) is 5.32 Å². The van der Waals surface area contributed by atoms with Gasteiger partial charge in [-0.3, -0.25) is 4.79 Å². The lowest BCUT2D eigenvalue weighted by Crippen LogP contribution is -2.21. The fourth-order valence-corrected chi connectivity index (χ4v) is 3.09. The van der Waals surface area contributed by atoms with E-state index in [0.717, 1.165) is 25.7 Å². The molecule has 0 amide bonds. The molecular formula is C16H17F3N2O. The Kier molecular flexibility index (Phi) is 3.62. The zero-order valence-electron chi connectivity index (χ0n) is 12.2. The normalized spacial score (nSPS) is 16.4. The van der Waals surface area contributed by atoms with Crippen molar-refractivity contribution < 1.29 is 13.2 Å². The van der Waals surface area contributed by atoms with E-state index in [-0.39, 0.29) is 10.9 Å². The largest absolute Gasteiger partial charge is 0.417 e. The van der Waals surface area contributed by atoms with Crippen LogP contribution in [0.2, 0.25) is 0 Å². The number of fused-ring (bicyclic) bond motifs is 1. The van der Waals surface area contributed by atoms with E-state index in [1.807, 2.05) is 0 Å². The Labute approximate surface area is 125 Å². The SMILES string of the molecule is Cn1c(=O)cc(C(F)(F)F)c2cc(NC3CCCC3)ccc21. The van der Waals surface area contributed by atoms with Crippen LogP contribution in [0.3, 0.4) is 0 Å². The minimum absolute atomic E-state index is 0.0533. The predicted octanol–water partition coefficient (Wildman–Crippen LogP) is 3.91. The maximum absolute atomic E-state index is 13.2. The summed E-state index contributed by atoms with van der Waals surface area (Å²) in [4.78, 5) is 11.7. The second-order valence-corrected chi connectivity index (χ2v) is 5.81. The Bertz CT molecular complexity index is 758. The number of benzene rings is 1. The molecule has 1 aliphatic rings. The van der Waals surface area contributed by atoms with Crippen molar-refractivity contribution in [3.05, 3.63) is 40.2 Å². The molecule has 3 nitrogen and oxygen atoms in total. The number of pyridine rings is 1. The number of halogens is 3. The number of aryl methyl sites for hydroxylation is 1. The molecule has 0 spiro atoms. The maximum atomic E-state index is 13.2. The van der Waals surface area contributed by atoms with Gasteiger partial charge in [0, 0.05) is 30.2 Å². The summed E-state index contributed by atoms with van der Waals surface area (Å²) in [6, 6.07) is 5.79. The summed E-state index contributed by atoms with van der Waals surface area (Å²) in [6.07, 6.45) is -0.173. The van der Waals surface area contributed by atoms with Crippen molar-refractivity contribution in [3.63, 3.8) is 0 Å². The summed E-state index contributed by atoms with van der Waals surface area (Å²) >= 11 is 0. The maximum Gasteiger partial charge on any atom is 0.417 e. The van der Waals surface area contributed by atoms with Crippen LogP contribution in [0, 0.1) is 0 Å². The van der Waals surface area contributed by atoms with E-state index >= 15 is 0 Å². The van der Waals surface area contributed by atoms with Gasteiger partial charge >= 0.3 is 6.18 Å². The lowest BCUT2D eigenvalue weighted by atomic mass is 10.1. The van der Waals surface area contributed by atoms with Crippen LogP contribution in [0.4, 0.5) is 18.9 Å². The first kappa shape index (κ1) is 14.9. The van der Waals surface area contributed by atoms with Crippen LogP contribution in [0.25, 0.3) is 10.9 Å². The molecule has 1 heterocycles. The molecule has 0 aliphatic heterocycles. The first-order valence-electron chi connectivity index (χ1n) is 7.34. The first-order valence-corrected chi connectivity index (χ1v) is 7.34. The van der Waals surface area contributed by atoms with Gasteiger partial charge in [0.1, 0.15) is 0 Å². The third-order valence-electron chi connectivity index (χ3n) is 4.28. The van der Waals surface area contributed by atoms with Crippen LogP contribution in [0.1, 0.15) is 31.2 Å². The van der Waals surface area contributed by atoms with Gasteiger partial charge in [0.2, 0.25) is 0 Å². The van der Waals surface area contributed by atoms with Gasteiger partial charge in [-0.2, -0.15) is 13.2 Å². The van der Waals surface area contributed by atoms with Crippen molar-refractivity contribution in [2.75, 3.05) is 5.32 Å². The van der Waals surface area contributed by atoms with Gasteiger partial charge in [-0.1, -0.05) is 12.8 Å². The zero-order chi connectivity index (χ0) is 15.9. The highest BCUT2D eigenvalue weighted by molar-refractivity contribution is 5.86. The van der Waals surface area contributed by atoms with E-state index in [4.69, 9.17) is 0 Å². The van der Waals surface area contributed by atoms with Crippen molar-refractivity contribution >= 4 is 16.6 Å². The van der Waals surface area contributed by atoms with Crippen LogP contribution >= 0.6 is 0 Å². The number of nitrogens with zero attached hydrogens (tertiary/aromatic N) is 1. The van der Waals surface area contributed by atoms with Crippen LogP contribution in [0.15, 0.2) is 29.1 Å². The van der Waals surface area contributed by atoms with E-state index in [0.29, 0.717) is 17.8 Å². The third-order valence-corrected chi connectivity index (χ3v) is 4.28. The van der Waals surface area contributed by atoms with Gasteiger partial charge in [-0.15, -0.1) is 0 Å². The average molecular weight is 310 g/mol. The quantitative estimate of drug-likeness (QED) is 0.912. The minimum Gasteiger partial charge on any atom is -0.382 e. The van der Waals surface area contributed by atoms with E-state index in [1.54, 1.807) is 12.1 Å². The molecule has 22 heavy (non-hydrogen) atoms. The molecule has 1 fully saturated rings. The standard InChI is InChI=1S/C16H17F3N2O/c1-21-14-7-6-11(20-10-4-2-3-5-10)8-12(14)13(9-15(21)22)16(17,18)19/h6-10,20H,2-5H2,1H3. The molecule has 1 saturated carbocycles. The number of alkyl halides is 3. The van der Waals surface area contributed by atoms with Gasteiger partial charge in [0.05, 0.1) is 11.1 Å². The Hall–Kier alpha value is -1.98. The fourth-order valence-electron chi connectivity index (χ4n) is 3.09. The van der Waals surface area contributed by atoms with Gasteiger partial charge in [-0.05, 0) is 31.0 Å². The highest BCUT2D eigenvalue weighted by Crippen LogP contribution is 2.35. The monoisotopic (exact) mass is 310 g/mol. The Morgan fingerprint density at radius 2 is 1.86 bits per heavy atom. The van der Waals surface area contributed by atoms with Crippen molar-refractivity contribution in [3.8, 4) is 0 Å². The van der Waals surface area contributed by atoms with Crippen LogP contribution in [-0.2, 0) is 13.2 Å². The van der Waals surface area contributed by atoms with Crippen molar-refractivity contribution in [1.29, 1.82) is 0 Å². The number of anilines is 1. The van der Waals surface area contributed by atoms with E-state index < -0.39 is 17.3 Å². The summed E-state index contributed by atoms with van der Waals surface area (Å²) in [5, 5.41) is 3.34. The molecule has 2 aromatic rings. The van der Waals surface area contributed by atoms with Gasteiger partial charge < -0.3 is 9.88 Å². The lowest BCUT2D eigenvalue weighted by molar-refractivity contribution is -0.136. The highest BCUT2D eigenvalue weighted by atomic mass is 19.4. The molecule has 0 radical (unpaired) electrons. The number of hydrogen-bond acceptors (Lipinski definition) is 2. The molecule has 1 aliphatic carbocycles. The Balaban J connectivity index is 2.12. The second-order valence-electron chi connectivity index (χ2n) is 5.81. The lowest BCUT2D eigenvalue weighted by Gasteiger charge is -2.17. The number of nitrogens with one attached hydrogen (secondary N) is 1. The van der Waals surface area contributed by atoms with Crippen LogP contribution in [-0.4, -0.2) is 10.6 Å². The molecule has 0 saturated heterocycles. The van der Waals surface area contributed by atoms with Crippen molar-refractivity contribution in [1.82, 2.24) is 4.57 Å². The number of hydrogen-bond donors (Lipinski definition) is 1. The number of rotatable bonds is 2. The topological polar surface area (TPSA) is 34.0 Å². The number of aromatic nitrogens is 1. The molecule has 1 aromatic carbocycles. The minimum atomic E-state index is -4.54. The van der Waals surface area contributed by atoms with Gasteiger partial charge in [0.15, 0.2) is 0 Å². The van der Waals surface area contributed by atoms with Crippen molar-refractivity contribution in [2.45, 2.75) is 37.9 Å². The van der Waals surface area contributed by atoms with Gasteiger partial charge in [-0.25, -0.2) is 0 Å². The van der Waals surface area contributed by atoms with E-state index in [9.17, 15) is 18.0 Å². The second kappa shape index (κ2) is 5.34. The molecular weight excluding hydrogens is 293 g/mol. The predicted molar refractivity (Wildman–Crippen MR) is 80.1 cm³/mol. The molecule has 1 aromatic heterocycles. The molecule has 0 unspecified atom stereocenters. The van der Waals surface area contributed by atoms with Crippen LogP contribution < -0.4 is 10.9 Å². The van der Waals surface area contributed by atoms with Crippen molar-refractivity contribution in [2.24, 2.45) is 7.05 Å². The Morgan fingerprint density at radius 3 is 2.50 bits per heavy atom. The van der Waals surface area contributed by atoms with Gasteiger partial charge in [0.25, 0.3) is 5.56 Å². The fraction of sp³-hybridized carbons (Fsp3) is 0.438. The highest BCUT2D eigenvalue weighted by Gasteiger charge is 2.33. The molecule has 0 atom stereocenters. The molecule has 0 bridgehead atoms. The van der Waals surface area contributed by atoms with Crippen LogP contribution in [0.5, 0.6) is 0 Å². The average Bonchev–Trinajstić information content (AvgIpc) is 2.94. The third kappa shape index (κ3) is 2.69. The molecule has 3 rings (SSSR count). The zero-order valence-corrected chi connectivity index (χ0v) is 12.2. The summed E-state index contributed by atoms with van der Waals surface area (Å²) in [6.45, 7) is 0.